The molecule has 0 aromatic heterocycles. The lowest BCUT2D eigenvalue weighted by atomic mass is 10.0. The number of nitrogens with one attached hydrogen (secondary N) is 3. The van der Waals surface area contributed by atoms with Gasteiger partial charge in [-0.25, -0.2) is 0 Å². The zero-order chi connectivity index (χ0) is 20.1. The first-order chi connectivity index (χ1) is 13.0. The maximum Gasteiger partial charge on any atom is 0.251 e. The van der Waals surface area contributed by atoms with Crippen LogP contribution in [0.2, 0.25) is 0 Å². The molecule has 1 rings (SSSR count). The number of aliphatic imine (C=N–C) groups is 1. The lowest BCUT2D eigenvalue weighted by Crippen LogP contribution is -2.42. The predicted molar refractivity (Wildman–Crippen MR) is 110 cm³/mol. The van der Waals surface area contributed by atoms with E-state index in [9.17, 15) is 4.79 Å². The molecule has 0 fully saturated rings. The molecule has 0 saturated carbocycles. The van der Waals surface area contributed by atoms with Gasteiger partial charge in [0, 0.05) is 38.9 Å². The Morgan fingerprint density at radius 1 is 1.07 bits per heavy atom. The molecule has 0 aliphatic heterocycles. The fourth-order valence-electron chi connectivity index (χ4n) is 2.58. The highest BCUT2D eigenvalue weighted by Crippen LogP contribution is 2.11. The Bertz CT molecular complexity index is 573. The first kappa shape index (κ1) is 22.8. The van der Waals surface area contributed by atoms with E-state index < -0.39 is 0 Å². The molecule has 0 radical (unpaired) electrons. The number of ether oxygens (including phenoxy) is 2. The summed E-state index contributed by atoms with van der Waals surface area (Å²) in [6, 6.07) is 7.02. The molecule has 0 bridgehead atoms. The SMILES string of the molecule is CCOC(CCNC(=NC)NCCNC(=O)c1ccc(OC)cc1)C(C)C. The smallest absolute Gasteiger partial charge is 0.251 e. The molecule has 27 heavy (non-hydrogen) atoms. The van der Waals surface area contributed by atoms with E-state index in [1.165, 1.54) is 0 Å². The molecule has 0 aliphatic carbocycles. The van der Waals surface area contributed by atoms with Gasteiger partial charge in [0.1, 0.15) is 5.75 Å². The van der Waals surface area contributed by atoms with Crippen molar-refractivity contribution in [3.63, 3.8) is 0 Å². The van der Waals surface area contributed by atoms with E-state index >= 15 is 0 Å². The molecule has 1 atom stereocenters. The lowest BCUT2D eigenvalue weighted by Gasteiger charge is -2.21. The summed E-state index contributed by atoms with van der Waals surface area (Å²) in [6.45, 7) is 8.94. The average Bonchev–Trinajstić information content (AvgIpc) is 2.68. The van der Waals surface area contributed by atoms with Crippen LogP contribution in [0, 0.1) is 5.92 Å². The summed E-state index contributed by atoms with van der Waals surface area (Å²) in [7, 11) is 3.33. The molecule has 7 heteroatoms. The van der Waals surface area contributed by atoms with Crippen molar-refractivity contribution in [2.45, 2.75) is 33.3 Å². The largest absolute Gasteiger partial charge is 0.497 e. The van der Waals surface area contributed by atoms with Crippen molar-refractivity contribution in [1.82, 2.24) is 16.0 Å². The normalized spacial score (nSPS) is 12.6. The Hall–Kier alpha value is -2.28. The van der Waals surface area contributed by atoms with Gasteiger partial charge in [0.05, 0.1) is 13.2 Å². The number of carbonyl (C=O) groups excluding carboxylic acids is 1. The maximum absolute atomic E-state index is 12.1. The average molecular weight is 379 g/mol. The Balaban J connectivity index is 2.27. The summed E-state index contributed by atoms with van der Waals surface area (Å²) in [5.74, 6) is 1.81. The summed E-state index contributed by atoms with van der Waals surface area (Å²) in [5.41, 5.74) is 0.606. The third-order valence-corrected chi connectivity index (χ3v) is 4.12. The minimum absolute atomic E-state index is 0.112. The number of guanidine groups is 1. The van der Waals surface area contributed by atoms with Crippen molar-refractivity contribution >= 4 is 11.9 Å². The summed E-state index contributed by atoms with van der Waals surface area (Å²) >= 11 is 0. The molecule has 0 aliphatic rings. The van der Waals surface area contributed by atoms with Crippen LogP contribution >= 0.6 is 0 Å². The molecule has 1 unspecified atom stereocenters. The van der Waals surface area contributed by atoms with Gasteiger partial charge in [0.2, 0.25) is 0 Å². The summed E-state index contributed by atoms with van der Waals surface area (Å²) in [4.78, 5) is 16.3. The van der Waals surface area contributed by atoms with Crippen molar-refractivity contribution in [3.8, 4) is 5.75 Å². The van der Waals surface area contributed by atoms with Gasteiger partial charge >= 0.3 is 0 Å². The van der Waals surface area contributed by atoms with Crippen LogP contribution in [-0.4, -0.2) is 58.4 Å². The van der Waals surface area contributed by atoms with Crippen molar-refractivity contribution in [3.05, 3.63) is 29.8 Å². The van der Waals surface area contributed by atoms with Crippen molar-refractivity contribution in [2.24, 2.45) is 10.9 Å². The number of carbonyl (C=O) groups is 1. The lowest BCUT2D eigenvalue weighted by molar-refractivity contribution is 0.0258. The van der Waals surface area contributed by atoms with Gasteiger partial charge in [-0.05, 0) is 43.5 Å². The van der Waals surface area contributed by atoms with Gasteiger partial charge in [-0.2, -0.15) is 0 Å². The highest BCUT2D eigenvalue weighted by atomic mass is 16.5. The molecule has 1 amide bonds. The standard InChI is InChI=1S/C20H34N4O3/c1-6-27-18(15(2)3)11-12-23-20(21-4)24-14-13-22-19(25)16-7-9-17(26-5)10-8-16/h7-10,15,18H,6,11-14H2,1-5H3,(H,22,25)(H2,21,23,24). The van der Waals surface area contributed by atoms with Crippen LogP contribution in [-0.2, 0) is 4.74 Å². The summed E-state index contributed by atoms with van der Waals surface area (Å²) < 4.78 is 10.8. The molecule has 0 heterocycles. The van der Waals surface area contributed by atoms with E-state index in [1.54, 1.807) is 38.4 Å². The van der Waals surface area contributed by atoms with Crippen molar-refractivity contribution in [2.75, 3.05) is 40.4 Å². The van der Waals surface area contributed by atoms with Crippen LogP contribution in [0.5, 0.6) is 5.75 Å². The number of benzene rings is 1. The zero-order valence-electron chi connectivity index (χ0n) is 17.2. The zero-order valence-corrected chi connectivity index (χ0v) is 17.2. The molecule has 7 nitrogen and oxygen atoms in total. The molecular formula is C20H34N4O3. The molecule has 0 saturated heterocycles. The second-order valence-electron chi connectivity index (χ2n) is 6.44. The predicted octanol–water partition coefficient (Wildman–Crippen LogP) is 2.04. The van der Waals surface area contributed by atoms with Gasteiger partial charge in [0.25, 0.3) is 5.91 Å². The van der Waals surface area contributed by atoms with E-state index in [2.05, 4.69) is 34.8 Å². The van der Waals surface area contributed by atoms with Crippen LogP contribution in [0.4, 0.5) is 0 Å². The minimum Gasteiger partial charge on any atom is -0.497 e. The monoisotopic (exact) mass is 378 g/mol. The summed E-state index contributed by atoms with van der Waals surface area (Å²) in [5, 5.41) is 9.35. The second-order valence-corrected chi connectivity index (χ2v) is 6.44. The van der Waals surface area contributed by atoms with Gasteiger partial charge in [-0.3, -0.25) is 9.79 Å². The van der Waals surface area contributed by atoms with Crippen LogP contribution in [0.25, 0.3) is 0 Å². The van der Waals surface area contributed by atoms with Crippen LogP contribution in [0.1, 0.15) is 37.6 Å². The first-order valence-electron chi connectivity index (χ1n) is 9.50. The van der Waals surface area contributed by atoms with Gasteiger partial charge < -0.3 is 25.4 Å². The van der Waals surface area contributed by atoms with Crippen LogP contribution in [0.15, 0.2) is 29.3 Å². The van der Waals surface area contributed by atoms with E-state index in [-0.39, 0.29) is 12.0 Å². The molecular weight excluding hydrogens is 344 g/mol. The van der Waals surface area contributed by atoms with Gasteiger partial charge in [0.15, 0.2) is 5.96 Å². The Labute approximate surface area is 162 Å². The second kappa shape index (κ2) is 13.0. The van der Waals surface area contributed by atoms with E-state index in [4.69, 9.17) is 9.47 Å². The van der Waals surface area contributed by atoms with Crippen LogP contribution in [0.3, 0.4) is 0 Å². The van der Waals surface area contributed by atoms with Gasteiger partial charge in [-0.15, -0.1) is 0 Å². The third-order valence-electron chi connectivity index (χ3n) is 4.12. The van der Waals surface area contributed by atoms with E-state index in [0.717, 1.165) is 25.3 Å². The fraction of sp³-hybridized carbons (Fsp3) is 0.600. The molecule has 3 N–H and O–H groups in total. The van der Waals surface area contributed by atoms with Crippen molar-refractivity contribution < 1.29 is 14.3 Å². The number of methoxy groups -OCH3 is 1. The molecule has 1 aromatic carbocycles. The minimum atomic E-state index is -0.112. The van der Waals surface area contributed by atoms with Crippen LogP contribution < -0.4 is 20.7 Å². The highest BCUT2D eigenvalue weighted by Gasteiger charge is 2.13. The van der Waals surface area contributed by atoms with E-state index in [1.807, 2.05) is 6.92 Å². The Morgan fingerprint density at radius 2 is 1.70 bits per heavy atom. The first-order valence-corrected chi connectivity index (χ1v) is 9.50. The summed E-state index contributed by atoms with van der Waals surface area (Å²) in [6.07, 6.45) is 1.16. The number of hydrogen-bond donors (Lipinski definition) is 3. The Kier molecular flexibility index (Phi) is 10.9. The Morgan fingerprint density at radius 3 is 2.26 bits per heavy atom. The maximum atomic E-state index is 12.1. The van der Waals surface area contributed by atoms with Gasteiger partial charge in [-0.1, -0.05) is 13.8 Å². The molecule has 0 spiro atoms. The van der Waals surface area contributed by atoms with E-state index in [0.29, 0.717) is 30.5 Å². The molecule has 1 aromatic rings. The number of nitrogens with zero attached hydrogens (tertiary/aromatic N) is 1. The topological polar surface area (TPSA) is 84.0 Å². The highest BCUT2D eigenvalue weighted by molar-refractivity contribution is 5.94. The number of rotatable bonds is 11. The third kappa shape index (κ3) is 8.77. The number of amides is 1. The quantitative estimate of drug-likeness (QED) is 0.312. The molecule has 152 valence electrons. The fourth-order valence-corrected chi connectivity index (χ4v) is 2.58. The van der Waals surface area contributed by atoms with Crippen molar-refractivity contribution in [1.29, 1.82) is 0 Å². The number of hydrogen-bond acceptors (Lipinski definition) is 4.